The molecule has 7 heteroatoms. The number of hydrogen-bond donors (Lipinski definition) is 1. The Kier molecular flexibility index (Phi) is 8.77. The first-order valence-electron chi connectivity index (χ1n) is 13.6. The van der Waals surface area contributed by atoms with E-state index in [-0.39, 0.29) is 0 Å². The number of allylic oxidation sites excluding steroid dienone is 1. The van der Waals surface area contributed by atoms with Gasteiger partial charge in [0.2, 0.25) is 0 Å². The third kappa shape index (κ3) is 7.07. The zero-order valence-electron chi connectivity index (χ0n) is 23.2. The Labute approximate surface area is 241 Å². The molecule has 0 saturated heterocycles. The Bertz CT molecular complexity index is 1460. The lowest BCUT2D eigenvalue weighted by molar-refractivity contribution is 0.267. The van der Waals surface area contributed by atoms with Crippen LogP contribution in [-0.4, -0.2) is 41.2 Å². The molecular weight excluding hydrogens is 520 g/mol. The zero-order valence-corrected chi connectivity index (χ0v) is 23.9. The van der Waals surface area contributed by atoms with Crippen molar-refractivity contribution in [2.24, 2.45) is 5.92 Å². The Morgan fingerprint density at radius 1 is 0.950 bits per heavy atom. The minimum atomic E-state index is 0.478. The van der Waals surface area contributed by atoms with Gasteiger partial charge in [-0.05, 0) is 97.1 Å². The summed E-state index contributed by atoms with van der Waals surface area (Å²) in [4.78, 5) is 7.22. The highest BCUT2D eigenvalue weighted by Gasteiger charge is 2.13. The van der Waals surface area contributed by atoms with Crippen molar-refractivity contribution < 1.29 is 9.47 Å². The van der Waals surface area contributed by atoms with Gasteiger partial charge in [0, 0.05) is 48.2 Å². The molecule has 0 saturated carbocycles. The Balaban J connectivity index is 1.26. The summed E-state index contributed by atoms with van der Waals surface area (Å²) in [6, 6.07) is 23.6. The van der Waals surface area contributed by atoms with E-state index in [1.54, 1.807) is 0 Å². The van der Waals surface area contributed by atoms with Crippen molar-refractivity contribution in [2.75, 3.05) is 26.7 Å². The molecule has 3 aromatic carbocycles. The van der Waals surface area contributed by atoms with Gasteiger partial charge in [0.15, 0.2) is 0 Å². The second kappa shape index (κ2) is 12.8. The number of imidazole rings is 1. The topological polar surface area (TPSA) is 51.5 Å². The summed E-state index contributed by atoms with van der Waals surface area (Å²) in [6.07, 6.45) is 9.21. The van der Waals surface area contributed by atoms with Crippen LogP contribution in [0.15, 0.2) is 103 Å². The number of aromatic nitrogens is 2. The highest BCUT2D eigenvalue weighted by atomic mass is 35.5. The van der Waals surface area contributed by atoms with E-state index in [9.17, 15) is 0 Å². The SMILES string of the molecule is CC(C)Cc1nc(-c2ccc(OCCN(C)C3=CCNC=C3)cc2)cn1-c1ccc(Oc2ccc(Cl)cc2)cc1. The van der Waals surface area contributed by atoms with Gasteiger partial charge in [-0.1, -0.05) is 25.4 Å². The van der Waals surface area contributed by atoms with Crippen LogP contribution in [0.1, 0.15) is 19.7 Å². The highest BCUT2D eigenvalue weighted by Crippen LogP contribution is 2.28. The third-order valence-corrected chi connectivity index (χ3v) is 6.87. The number of rotatable bonds is 11. The standard InChI is InChI=1S/C33H35ClN4O2/c1-24(2)22-33-36-32(23-38(33)28-8-14-31(15-9-28)40-30-12-6-26(34)7-13-30)25-4-10-29(11-5-25)39-21-20-37(3)27-16-18-35-19-17-27/h4-18,23-24,35H,19-22H2,1-3H3. The van der Waals surface area contributed by atoms with E-state index >= 15 is 0 Å². The van der Waals surface area contributed by atoms with Crippen molar-refractivity contribution in [2.45, 2.75) is 20.3 Å². The van der Waals surface area contributed by atoms with Crippen molar-refractivity contribution in [1.82, 2.24) is 19.8 Å². The summed E-state index contributed by atoms with van der Waals surface area (Å²) >= 11 is 5.99. The van der Waals surface area contributed by atoms with E-state index in [0.29, 0.717) is 17.5 Å². The largest absolute Gasteiger partial charge is 0.492 e. The molecule has 1 aliphatic rings. The first-order chi connectivity index (χ1) is 19.4. The van der Waals surface area contributed by atoms with Crippen molar-refractivity contribution in [3.05, 3.63) is 114 Å². The van der Waals surface area contributed by atoms with Crippen LogP contribution in [-0.2, 0) is 6.42 Å². The fourth-order valence-electron chi connectivity index (χ4n) is 4.48. The molecule has 0 spiro atoms. The van der Waals surface area contributed by atoms with Gasteiger partial charge in [-0.25, -0.2) is 4.98 Å². The number of hydrogen-bond acceptors (Lipinski definition) is 5. The number of ether oxygens (including phenoxy) is 2. The average Bonchev–Trinajstić information content (AvgIpc) is 3.38. The van der Waals surface area contributed by atoms with Gasteiger partial charge in [0.1, 0.15) is 29.7 Å². The molecule has 0 unspecified atom stereocenters. The molecule has 5 rings (SSSR count). The number of dihydropyridines is 1. The number of nitrogens with zero attached hydrogens (tertiary/aromatic N) is 3. The third-order valence-electron chi connectivity index (χ3n) is 6.62. The minimum Gasteiger partial charge on any atom is -0.492 e. The number of nitrogens with one attached hydrogen (secondary N) is 1. The first kappa shape index (κ1) is 27.4. The molecule has 1 aliphatic heterocycles. The van der Waals surface area contributed by atoms with E-state index in [1.165, 1.54) is 5.70 Å². The van der Waals surface area contributed by atoms with Crippen LogP contribution in [0.4, 0.5) is 0 Å². The molecule has 0 radical (unpaired) electrons. The smallest absolute Gasteiger partial charge is 0.127 e. The Hall–Kier alpha value is -4.16. The summed E-state index contributed by atoms with van der Waals surface area (Å²) in [5, 5.41) is 3.86. The van der Waals surface area contributed by atoms with Crippen LogP contribution in [0, 0.1) is 5.92 Å². The summed E-state index contributed by atoms with van der Waals surface area (Å²) in [6.45, 7) is 6.70. The van der Waals surface area contributed by atoms with Gasteiger partial charge in [0.05, 0.1) is 12.2 Å². The van der Waals surface area contributed by atoms with Crippen LogP contribution >= 0.6 is 11.6 Å². The van der Waals surface area contributed by atoms with Crippen molar-refractivity contribution in [3.8, 4) is 34.2 Å². The fraction of sp³-hybridized carbons (Fsp3) is 0.242. The maximum atomic E-state index is 6.02. The first-order valence-corrected chi connectivity index (χ1v) is 14.0. The molecular formula is C33H35ClN4O2. The van der Waals surface area contributed by atoms with Crippen LogP contribution < -0.4 is 14.8 Å². The summed E-state index contributed by atoms with van der Waals surface area (Å²) in [5.41, 5.74) is 4.24. The molecule has 4 aromatic rings. The number of halogens is 1. The minimum absolute atomic E-state index is 0.478. The molecule has 206 valence electrons. The molecule has 0 aliphatic carbocycles. The van der Waals surface area contributed by atoms with E-state index in [2.05, 4.69) is 78.3 Å². The second-order valence-electron chi connectivity index (χ2n) is 10.2. The van der Waals surface area contributed by atoms with Crippen molar-refractivity contribution >= 4 is 11.6 Å². The lowest BCUT2D eigenvalue weighted by Gasteiger charge is -2.22. The van der Waals surface area contributed by atoms with Crippen LogP contribution in [0.2, 0.25) is 5.02 Å². The van der Waals surface area contributed by atoms with Crippen LogP contribution in [0.5, 0.6) is 17.2 Å². The van der Waals surface area contributed by atoms with Gasteiger partial charge in [-0.3, -0.25) is 0 Å². The predicted molar refractivity (Wildman–Crippen MR) is 162 cm³/mol. The number of benzene rings is 3. The number of likely N-dealkylation sites (N-methyl/N-ethyl adjacent to an activating group) is 1. The lowest BCUT2D eigenvalue weighted by Crippen LogP contribution is -2.25. The van der Waals surface area contributed by atoms with Crippen molar-refractivity contribution in [3.63, 3.8) is 0 Å². The Morgan fingerprint density at radius 3 is 2.27 bits per heavy atom. The van der Waals surface area contributed by atoms with Crippen LogP contribution in [0.3, 0.4) is 0 Å². The summed E-state index contributed by atoms with van der Waals surface area (Å²) < 4.78 is 14.2. The molecule has 6 nitrogen and oxygen atoms in total. The summed E-state index contributed by atoms with van der Waals surface area (Å²) in [7, 11) is 2.08. The molecule has 1 N–H and O–H groups in total. The van der Waals surface area contributed by atoms with E-state index in [0.717, 1.165) is 59.5 Å². The van der Waals surface area contributed by atoms with Gasteiger partial charge < -0.3 is 24.3 Å². The maximum absolute atomic E-state index is 6.02. The fourth-order valence-corrected chi connectivity index (χ4v) is 4.61. The lowest BCUT2D eigenvalue weighted by atomic mass is 10.1. The summed E-state index contributed by atoms with van der Waals surface area (Å²) in [5.74, 6) is 3.87. The average molecular weight is 555 g/mol. The van der Waals surface area contributed by atoms with E-state index in [4.69, 9.17) is 26.1 Å². The Morgan fingerprint density at radius 2 is 1.62 bits per heavy atom. The highest BCUT2D eigenvalue weighted by molar-refractivity contribution is 6.30. The molecule has 2 heterocycles. The monoisotopic (exact) mass is 554 g/mol. The predicted octanol–water partition coefficient (Wildman–Crippen LogP) is 7.49. The van der Waals surface area contributed by atoms with Gasteiger partial charge in [-0.15, -0.1) is 0 Å². The molecule has 0 atom stereocenters. The van der Waals surface area contributed by atoms with E-state index in [1.807, 2.05) is 54.7 Å². The zero-order chi connectivity index (χ0) is 27.9. The van der Waals surface area contributed by atoms with Crippen LogP contribution in [0.25, 0.3) is 16.9 Å². The normalized spacial score (nSPS) is 12.7. The maximum Gasteiger partial charge on any atom is 0.127 e. The molecule has 1 aromatic heterocycles. The second-order valence-corrected chi connectivity index (χ2v) is 10.7. The molecule has 0 fully saturated rings. The quantitative estimate of drug-likeness (QED) is 0.208. The van der Waals surface area contributed by atoms with E-state index < -0.39 is 0 Å². The molecule has 40 heavy (non-hydrogen) atoms. The van der Waals surface area contributed by atoms with Gasteiger partial charge >= 0.3 is 0 Å². The molecule has 0 amide bonds. The van der Waals surface area contributed by atoms with Gasteiger partial charge in [0.25, 0.3) is 0 Å². The van der Waals surface area contributed by atoms with Gasteiger partial charge in [-0.2, -0.15) is 0 Å². The van der Waals surface area contributed by atoms with Crippen molar-refractivity contribution in [1.29, 1.82) is 0 Å². The molecule has 0 bridgehead atoms.